The van der Waals surface area contributed by atoms with E-state index in [0.717, 1.165) is 0 Å². The standard InChI is InChI=1S/C2H6N3O2/c1-3-5(6)7-4-2/h3H,2H2,1H3/q-1. The number of hydrazine groups is 1. The third-order valence-electron chi connectivity index (χ3n) is 0.314. The van der Waals surface area contributed by atoms with Crippen LogP contribution in [0.4, 0.5) is 0 Å². The van der Waals surface area contributed by atoms with Crippen molar-refractivity contribution in [3.63, 3.8) is 0 Å². The molecule has 5 nitrogen and oxygen atoms in total. The summed E-state index contributed by atoms with van der Waals surface area (Å²) in [7, 11) is 1.40. The van der Waals surface area contributed by atoms with Crippen LogP contribution in [0.3, 0.4) is 0 Å². The first-order chi connectivity index (χ1) is 3.31. The summed E-state index contributed by atoms with van der Waals surface area (Å²) in [5.74, 6) is 0. The lowest BCUT2D eigenvalue weighted by Gasteiger charge is -2.19. The van der Waals surface area contributed by atoms with Crippen molar-refractivity contribution in [3.8, 4) is 0 Å². The molecule has 0 unspecified atom stereocenters. The van der Waals surface area contributed by atoms with E-state index in [1.54, 1.807) is 0 Å². The number of nitrogens with zero attached hydrogens (tertiary/aromatic N) is 2. The normalized spacial score (nSPS) is 9.00. The molecular formula is C2H6N3O2-. The Morgan fingerprint density at radius 3 is 2.71 bits per heavy atom. The molecule has 0 aliphatic rings. The van der Waals surface area contributed by atoms with Gasteiger partial charge in [-0.2, -0.15) is 0 Å². The highest BCUT2D eigenvalue weighted by molar-refractivity contribution is 5.21. The molecule has 0 aromatic rings. The zero-order valence-electron chi connectivity index (χ0n) is 3.92. The molecule has 0 spiro atoms. The summed E-state index contributed by atoms with van der Waals surface area (Å²) in [6.07, 6.45) is 0. The van der Waals surface area contributed by atoms with Gasteiger partial charge in [0.1, 0.15) is 0 Å². The summed E-state index contributed by atoms with van der Waals surface area (Å²) >= 11 is 0. The van der Waals surface area contributed by atoms with Gasteiger partial charge in [-0.25, -0.2) is 5.43 Å². The number of hydrogen-bond donors (Lipinski definition) is 1. The zero-order chi connectivity index (χ0) is 5.70. The monoisotopic (exact) mass is 104 g/mol. The summed E-state index contributed by atoms with van der Waals surface area (Å²) in [5, 5.41) is 12.7. The van der Waals surface area contributed by atoms with Crippen molar-refractivity contribution in [2.24, 2.45) is 5.16 Å². The lowest BCUT2D eigenvalue weighted by Crippen LogP contribution is -2.26. The lowest BCUT2D eigenvalue weighted by atomic mass is 11.5. The van der Waals surface area contributed by atoms with E-state index < -0.39 is 0 Å². The molecule has 0 fully saturated rings. The van der Waals surface area contributed by atoms with Gasteiger partial charge in [0.25, 0.3) is 0 Å². The molecule has 0 aromatic heterocycles. The van der Waals surface area contributed by atoms with E-state index in [-0.39, 0.29) is 5.34 Å². The van der Waals surface area contributed by atoms with Gasteiger partial charge in [0.05, 0.1) is 0 Å². The summed E-state index contributed by atoms with van der Waals surface area (Å²) in [4.78, 5) is 3.87. The van der Waals surface area contributed by atoms with Crippen LogP contribution in [-0.4, -0.2) is 19.1 Å². The topological polar surface area (TPSA) is 59.9 Å². The van der Waals surface area contributed by atoms with E-state index in [0.29, 0.717) is 0 Å². The summed E-state index contributed by atoms with van der Waals surface area (Å²) in [6, 6.07) is 0. The minimum atomic E-state index is 0.0764. The quantitative estimate of drug-likeness (QED) is 0.386. The Morgan fingerprint density at radius 2 is 2.57 bits per heavy atom. The first-order valence-electron chi connectivity index (χ1n) is 1.59. The smallest absolute Gasteiger partial charge is 0.0326 e. The maximum absolute atomic E-state index is 9.86. The largest absolute Gasteiger partial charge is 0.736 e. The molecule has 0 saturated carbocycles. The fraction of sp³-hybridized carbons (Fsp3) is 0.500. The van der Waals surface area contributed by atoms with Crippen LogP contribution in [0, 0.1) is 5.21 Å². The van der Waals surface area contributed by atoms with Gasteiger partial charge >= 0.3 is 0 Å². The highest BCUT2D eigenvalue weighted by Crippen LogP contribution is 1.74. The molecule has 7 heavy (non-hydrogen) atoms. The van der Waals surface area contributed by atoms with Gasteiger partial charge in [0, 0.05) is 13.8 Å². The van der Waals surface area contributed by atoms with Crippen LogP contribution in [-0.2, 0) is 4.94 Å². The zero-order valence-corrected chi connectivity index (χ0v) is 3.92. The van der Waals surface area contributed by atoms with Gasteiger partial charge in [0.2, 0.25) is 0 Å². The third-order valence-corrected chi connectivity index (χ3v) is 0.314. The fourth-order valence-corrected chi connectivity index (χ4v) is 0.0933. The van der Waals surface area contributed by atoms with Crippen molar-refractivity contribution in [3.05, 3.63) is 5.21 Å². The minimum absolute atomic E-state index is 0.0764. The Kier molecular flexibility index (Phi) is 3.21. The van der Waals surface area contributed by atoms with Crippen molar-refractivity contribution in [2.75, 3.05) is 7.05 Å². The molecule has 0 rings (SSSR count). The molecule has 5 heteroatoms. The SMILES string of the molecule is C=NON([O-])NC. The third kappa shape index (κ3) is 3.17. The summed E-state index contributed by atoms with van der Waals surface area (Å²) in [5.41, 5.74) is 2.09. The van der Waals surface area contributed by atoms with Gasteiger partial charge in [0.15, 0.2) is 0 Å². The molecular weight excluding hydrogens is 98.0 g/mol. The first-order valence-corrected chi connectivity index (χ1v) is 1.59. The molecule has 0 radical (unpaired) electrons. The van der Waals surface area contributed by atoms with Crippen LogP contribution in [0.1, 0.15) is 0 Å². The van der Waals surface area contributed by atoms with Crippen molar-refractivity contribution in [1.82, 2.24) is 10.8 Å². The maximum atomic E-state index is 9.86. The fourth-order valence-electron chi connectivity index (χ4n) is 0.0933. The molecule has 0 aliphatic heterocycles. The van der Waals surface area contributed by atoms with E-state index in [1.807, 2.05) is 0 Å². The van der Waals surface area contributed by atoms with E-state index in [4.69, 9.17) is 0 Å². The molecule has 0 bridgehead atoms. The molecule has 1 N–H and O–H groups in total. The number of rotatable bonds is 3. The molecule has 42 valence electrons. The number of oxime groups is 1. The molecule has 0 atom stereocenters. The lowest BCUT2D eigenvalue weighted by molar-refractivity contribution is -0.150. The second-order valence-electron chi connectivity index (χ2n) is 0.691. The Morgan fingerprint density at radius 1 is 2.00 bits per heavy atom. The predicted molar refractivity (Wildman–Crippen MR) is 24.9 cm³/mol. The predicted octanol–water partition coefficient (Wildman–Crippen LogP) is -0.532. The van der Waals surface area contributed by atoms with Crippen molar-refractivity contribution < 1.29 is 4.94 Å². The highest BCUT2D eigenvalue weighted by Gasteiger charge is 1.74. The molecule has 0 aromatic carbocycles. The maximum Gasteiger partial charge on any atom is 0.0326 e. The van der Waals surface area contributed by atoms with E-state index in [2.05, 4.69) is 22.2 Å². The molecule has 0 aliphatic carbocycles. The van der Waals surface area contributed by atoms with Crippen molar-refractivity contribution >= 4 is 6.72 Å². The van der Waals surface area contributed by atoms with E-state index >= 15 is 0 Å². The Balaban J connectivity index is 2.98. The number of nitrogens with one attached hydrogen (secondary N) is 1. The second kappa shape index (κ2) is 3.54. The molecule has 0 heterocycles. The van der Waals surface area contributed by atoms with E-state index in [9.17, 15) is 5.21 Å². The molecule has 0 amide bonds. The van der Waals surface area contributed by atoms with Gasteiger partial charge in [-0.05, 0) is 0 Å². The average Bonchev–Trinajstić information content (AvgIpc) is 1.68. The Labute approximate surface area is 41.0 Å². The van der Waals surface area contributed by atoms with Crippen molar-refractivity contribution in [1.29, 1.82) is 0 Å². The van der Waals surface area contributed by atoms with Crippen LogP contribution in [0.2, 0.25) is 0 Å². The number of hydrogen-bond acceptors (Lipinski definition) is 5. The van der Waals surface area contributed by atoms with Gasteiger partial charge < -0.3 is 5.21 Å². The Bertz CT molecular complexity index is 56.9. The first kappa shape index (κ1) is 6.35. The van der Waals surface area contributed by atoms with Crippen LogP contribution in [0.5, 0.6) is 0 Å². The van der Waals surface area contributed by atoms with Gasteiger partial charge in [-0.3, -0.25) is 4.94 Å². The van der Waals surface area contributed by atoms with Crippen molar-refractivity contribution in [2.45, 2.75) is 0 Å². The highest BCUT2D eigenvalue weighted by atomic mass is 17.0. The van der Waals surface area contributed by atoms with Gasteiger partial charge in [-0.15, -0.1) is 5.34 Å². The van der Waals surface area contributed by atoms with Crippen LogP contribution >= 0.6 is 0 Å². The molecule has 0 saturated heterocycles. The average molecular weight is 104 g/mol. The van der Waals surface area contributed by atoms with E-state index in [1.165, 1.54) is 7.05 Å². The Hall–Kier alpha value is -0.650. The minimum Gasteiger partial charge on any atom is -0.736 e. The van der Waals surface area contributed by atoms with Crippen LogP contribution < -0.4 is 5.43 Å². The van der Waals surface area contributed by atoms with Gasteiger partial charge in [-0.1, -0.05) is 5.16 Å². The van der Waals surface area contributed by atoms with Crippen LogP contribution in [0.15, 0.2) is 5.16 Å². The summed E-state index contributed by atoms with van der Waals surface area (Å²) in [6.45, 7) is 2.89. The second-order valence-corrected chi connectivity index (χ2v) is 0.691. The van der Waals surface area contributed by atoms with Crippen LogP contribution in [0.25, 0.3) is 0 Å². The summed E-state index contributed by atoms with van der Waals surface area (Å²) < 4.78 is 0.